The van der Waals surface area contributed by atoms with Gasteiger partial charge in [0, 0.05) is 32.7 Å². The average molecular weight is 208 g/mol. The van der Waals surface area contributed by atoms with Crippen molar-refractivity contribution in [3.05, 3.63) is 17.5 Å². The van der Waals surface area contributed by atoms with Crippen LogP contribution in [0.2, 0.25) is 0 Å². The maximum atomic E-state index is 4.31. The summed E-state index contributed by atoms with van der Waals surface area (Å²) in [6.07, 6.45) is 2.72. The Morgan fingerprint density at radius 2 is 2.27 bits per heavy atom. The summed E-state index contributed by atoms with van der Waals surface area (Å²) in [6.45, 7) is 5.03. The van der Waals surface area contributed by atoms with Crippen molar-refractivity contribution in [2.24, 2.45) is 7.05 Å². The van der Waals surface area contributed by atoms with Crippen LogP contribution in [0.5, 0.6) is 0 Å². The van der Waals surface area contributed by atoms with E-state index in [0.717, 1.165) is 31.4 Å². The number of nitrogens with zero attached hydrogens (tertiary/aromatic N) is 2. The van der Waals surface area contributed by atoms with Crippen LogP contribution in [0.1, 0.15) is 24.2 Å². The summed E-state index contributed by atoms with van der Waals surface area (Å²) < 4.78 is 1.94. The fourth-order valence-corrected chi connectivity index (χ4v) is 1.70. The Labute approximate surface area is 91.1 Å². The summed E-state index contributed by atoms with van der Waals surface area (Å²) in [5, 5.41) is 11.2. The van der Waals surface area contributed by atoms with Crippen LogP contribution >= 0.6 is 0 Å². The van der Waals surface area contributed by atoms with E-state index >= 15 is 0 Å². The monoisotopic (exact) mass is 208 g/mol. The Kier molecular flexibility index (Phi) is 3.38. The fourth-order valence-electron chi connectivity index (χ4n) is 1.70. The number of hydrogen-bond acceptors (Lipinski definition) is 3. The zero-order valence-electron chi connectivity index (χ0n) is 9.58. The molecule has 1 aromatic rings. The minimum atomic E-state index is 0.811. The van der Waals surface area contributed by atoms with Gasteiger partial charge in [0.15, 0.2) is 0 Å². The molecule has 0 radical (unpaired) electrons. The predicted molar refractivity (Wildman–Crippen MR) is 60.7 cm³/mol. The van der Waals surface area contributed by atoms with E-state index in [1.54, 1.807) is 0 Å². The first-order valence-electron chi connectivity index (χ1n) is 5.69. The van der Waals surface area contributed by atoms with Gasteiger partial charge in [-0.05, 0) is 25.8 Å². The molecule has 0 atom stereocenters. The molecule has 1 aromatic heterocycles. The second-order valence-corrected chi connectivity index (χ2v) is 4.31. The molecular formula is C11H20N4. The highest BCUT2D eigenvalue weighted by Crippen LogP contribution is 2.17. The van der Waals surface area contributed by atoms with E-state index in [4.69, 9.17) is 0 Å². The molecule has 15 heavy (non-hydrogen) atoms. The van der Waals surface area contributed by atoms with Crippen molar-refractivity contribution in [3.8, 4) is 0 Å². The molecule has 84 valence electrons. The molecular weight excluding hydrogens is 188 g/mol. The molecule has 0 bridgehead atoms. The first-order valence-corrected chi connectivity index (χ1v) is 5.69. The van der Waals surface area contributed by atoms with Crippen LogP contribution in [-0.2, 0) is 13.6 Å². The molecule has 0 spiro atoms. The number of aromatic nitrogens is 2. The Hall–Kier alpha value is -0.870. The standard InChI is InChI=1S/C11H20N4/c1-9-7-11(15(2)14-9)8-12-5-6-13-10-3-4-10/h7,10,12-13H,3-6,8H2,1-2H3. The Morgan fingerprint density at radius 1 is 1.47 bits per heavy atom. The van der Waals surface area contributed by atoms with Gasteiger partial charge in [-0.1, -0.05) is 0 Å². The van der Waals surface area contributed by atoms with E-state index in [2.05, 4.69) is 21.8 Å². The van der Waals surface area contributed by atoms with Crippen molar-refractivity contribution in [1.82, 2.24) is 20.4 Å². The number of nitrogens with one attached hydrogen (secondary N) is 2. The molecule has 2 rings (SSSR count). The van der Waals surface area contributed by atoms with Crippen molar-refractivity contribution in [2.75, 3.05) is 13.1 Å². The lowest BCUT2D eigenvalue weighted by Crippen LogP contribution is -2.28. The van der Waals surface area contributed by atoms with Gasteiger partial charge >= 0.3 is 0 Å². The van der Waals surface area contributed by atoms with E-state index in [1.165, 1.54) is 18.5 Å². The second kappa shape index (κ2) is 4.77. The molecule has 0 unspecified atom stereocenters. The van der Waals surface area contributed by atoms with Gasteiger partial charge in [0.1, 0.15) is 0 Å². The van der Waals surface area contributed by atoms with Gasteiger partial charge in [-0.3, -0.25) is 4.68 Å². The van der Waals surface area contributed by atoms with E-state index in [9.17, 15) is 0 Å². The summed E-state index contributed by atoms with van der Waals surface area (Å²) in [7, 11) is 1.99. The van der Waals surface area contributed by atoms with Crippen LogP contribution < -0.4 is 10.6 Å². The summed E-state index contributed by atoms with van der Waals surface area (Å²) in [6, 6.07) is 2.94. The lowest BCUT2D eigenvalue weighted by molar-refractivity contribution is 0.585. The molecule has 2 N–H and O–H groups in total. The summed E-state index contributed by atoms with van der Waals surface area (Å²) in [5.41, 5.74) is 2.34. The van der Waals surface area contributed by atoms with Gasteiger partial charge in [0.2, 0.25) is 0 Å². The molecule has 1 heterocycles. The van der Waals surface area contributed by atoms with Crippen LogP contribution in [-0.4, -0.2) is 28.9 Å². The molecule has 1 fully saturated rings. The molecule has 1 aliphatic rings. The molecule has 4 nitrogen and oxygen atoms in total. The van der Waals surface area contributed by atoms with E-state index in [1.807, 2.05) is 18.7 Å². The molecule has 0 saturated heterocycles. The van der Waals surface area contributed by atoms with Gasteiger partial charge in [-0.25, -0.2) is 0 Å². The van der Waals surface area contributed by atoms with Gasteiger partial charge in [0.05, 0.1) is 11.4 Å². The third-order valence-electron chi connectivity index (χ3n) is 2.72. The maximum Gasteiger partial charge on any atom is 0.0597 e. The van der Waals surface area contributed by atoms with E-state index in [0.29, 0.717) is 0 Å². The quantitative estimate of drug-likeness (QED) is 0.672. The zero-order valence-corrected chi connectivity index (χ0v) is 9.58. The molecule has 0 aromatic carbocycles. The lowest BCUT2D eigenvalue weighted by Gasteiger charge is -2.05. The summed E-state index contributed by atoms with van der Waals surface area (Å²) >= 11 is 0. The average Bonchev–Trinajstić information content (AvgIpc) is 2.94. The first-order chi connectivity index (χ1) is 7.25. The van der Waals surface area contributed by atoms with Crippen molar-refractivity contribution in [2.45, 2.75) is 32.4 Å². The second-order valence-electron chi connectivity index (χ2n) is 4.31. The Balaban J connectivity index is 1.62. The minimum absolute atomic E-state index is 0.811. The smallest absolute Gasteiger partial charge is 0.0597 e. The lowest BCUT2D eigenvalue weighted by atomic mass is 10.3. The third kappa shape index (κ3) is 3.32. The predicted octanol–water partition coefficient (Wildman–Crippen LogP) is 0.570. The summed E-state index contributed by atoms with van der Waals surface area (Å²) in [4.78, 5) is 0. The minimum Gasteiger partial charge on any atom is -0.313 e. The Morgan fingerprint density at radius 3 is 2.87 bits per heavy atom. The summed E-state index contributed by atoms with van der Waals surface area (Å²) in [5.74, 6) is 0. The zero-order chi connectivity index (χ0) is 10.7. The van der Waals surface area contributed by atoms with Gasteiger partial charge in [-0.15, -0.1) is 0 Å². The number of aryl methyl sites for hydroxylation is 2. The Bertz CT molecular complexity index is 314. The highest BCUT2D eigenvalue weighted by molar-refractivity contribution is 5.08. The van der Waals surface area contributed by atoms with Crippen molar-refractivity contribution in [1.29, 1.82) is 0 Å². The number of rotatable bonds is 6. The normalized spacial score (nSPS) is 15.9. The molecule has 1 saturated carbocycles. The highest BCUT2D eigenvalue weighted by Gasteiger charge is 2.19. The van der Waals surface area contributed by atoms with Gasteiger partial charge in [-0.2, -0.15) is 5.10 Å². The molecule has 0 aliphatic heterocycles. The molecule has 4 heteroatoms. The first kappa shape index (κ1) is 10.6. The topological polar surface area (TPSA) is 41.9 Å². The molecule has 0 amide bonds. The van der Waals surface area contributed by atoms with Crippen LogP contribution in [0.25, 0.3) is 0 Å². The molecule has 1 aliphatic carbocycles. The van der Waals surface area contributed by atoms with E-state index < -0.39 is 0 Å². The maximum absolute atomic E-state index is 4.31. The highest BCUT2D eigenvalue weighted by atomic mass is 15.3. The van der Waals surface area contributed by atoms with Crippen molar-refractivity contribution < 1.29 is 0 Å². The van der Waals surface area contributed by atoms with E-state index in [-0.39, 0.29) is 0 Å². The van der Waals surface area contributed by atoms with Crippen LogP contribution in [0.3, 0.4) is 0 Å². The van der Waals surface area contributed by atoms with Crippen LogP contribution in [0.4, 0.5) is 0 Å². The van der Waals surface area contributed by atoms with Crippen molar-refractivity contribution in [3.63, 3.8) is 0 Å². The van der Waals surface area contributed by atoms with Crippen LogP contribution in [0, 0.1) is 6.92 Å². The largest absolute Gasteiger partial charge is 0.313 e. The van der Waals surface area contributed by atoms with Gasteiger partial charge < -0.3 is 10.6 Å². The van der Waals surface area contributed by atoms with Crippen LogP contribution in [0.15, 0.2) is 6.07 Å². The number of hydrogen-bond donors (Lipinski definition) is 2. The van der Waals surface area contributed by atoms with Crippen molar-refractivity contribution >= 4 is 0 Å². The fraction of sp³-hybridized carbons (Fsp3) is 0.727. The van der Waals surface area contributed by atoms with Gasteiger partial charge in [0.25, 0.3) is 0 Å². The SMILES string of the molecule is Cc1cc(CNCCNC2CC2)n(C)n1. The third-order valence-corrected chi connectivity index (χ3v) is 2.72.